The molecule has 0 N–H and O–H groups in total. The Kier molecular flexibility index (Phi) is 6.78. The molecule has 0 amide bonds. The second kappa shape index (κ2) is 9.76. The van der Waals surface area contributed by atoms with Gasteiger partial charge in [0, 0.05) is 30.1 Å². The summed E-state index contributed by atoms with van der Waals surface area (Å²) in [6, 6.07) is 20.0. The first-order valence-electron chi connectivity index (χ1n) is 11.9. The van der Waals surface area contributed by atoms with Crippen molar-refractivity contribution in [3.8, 4) is 17.2 Å². The van der Waals surface area contributed by atoms with Crippen LogP contribution in [0.15, 0.2) is 71.7 Å². The Balaban J connectivity index is 1.54. The quantitative estimate of drug-likeness (QED) is 0.340. The maximum absolute atomic E-state index is 5.94. The molecule has 0 aliphatic carbocycles. The monoisotopic (exact) mass is 454 g/mol. The molecule has 0 saturated carbocycles. The highest BCUT2D eigenvalue weighted by atomic mass is 16.5. The van der Waals surface area contributed by atoms with Crippen molar-refractivity contribution >= 4 is 23.2 Å². The molecule has 34 heavy (non-hydrogen) atoms. The lowest BCUT2D eigenvalue weighted by molar-refractivity contribution is 0.409. The third kappa shape index (κ3) is 5.01. The van der Waals surface area contributed by atoms with Crippen molar-refractivity contribution in [3.63, 3.8) is 0 Å². The molecule has 0 bridgehead atoms. The molecule has 4 nitrogen and oxygen atoms in total. The van der Waals surface area contributed by atoms with Crippen molar-refractivity contribution in [2.75, 3.05) is 18.6 Å². The van der Waals surface area contributed by atoms with E-state index in [2.05, 4.69) is 57.7 Å². The van der Waals surface area contributed by atoms with E-state index in [1.165, 1.54) is 22.4 Å². The number of hydrogen-bond donors (Lipinski definition) is 0. The first-order valence-corrected chi connectivity index (χ1v) is 11.9. The summed E-state index contributed by atoms with van der Waals surface area (Å²) in [6.45, 7) is 12.2. The van der Waals surface area contributed by atoms with Crippen LogP contribution >= 0.6 is 0 Å². The molecule has 0 saturated heterocycles. The SMILES string of the molecule is CCCN1c2cc(C)c(C=Nc3ccc(Oc4cccc(OC)c4)cc3)cc2C(C)=CC1(C)C. The molecular weight excluding hydrogens is 420 g/mol. The molecule has 0 aromatic heterocycles. The average Bonchev–Trinajstić information content (AvgIpc) is 2.81. The van der Waals surface area contributed by atoms with Crippen LogP contribution in [0.4, 0.5) is 11.4 Å². The molecule has 1 heterocycles. The topological polar surface area (TPSA) is 34.1 Å². The number of aliphatic imine (C=N–C) groups is 1. The van der Waals surface area contributed by atoms with Gasteiger partial charge in [0.25, 0.3) is 0 Å². The fourth-order valence-corrected chi connectivity index (χ4v) is 4.56. The first-order chi connectivity index (χ1) is 16.3. The molecule has 0 atom stereocenters. The van der Waals surface area contributed by atoms with Crippen molar-refractivity contribution < 1.29 is 9.47 Å². The highest BCUT2D eigenvalue weighted by Crippen LogP contribution is 2.40. The number of allylic oxidation sites excluding steroid dienone is 1. The van der Waals surface area contributed by atoms with Crippen LogP contribution in [0.1, 0.15) is 50.8 Å². The number of methoxy groups -OCH3 is 1. The number of aryl methyl sites for hydroxylation is 1. The van der Waals surface area contributed by atoms with Gasteiger partial charge in [-0.2, -0.15) is 0 Å². The lowest BCUT2D eigenvalue weighted by Gasteiger charge is -2.43. The van der Waals surface area contributed by atoms with E-state index in [9.17, 15) is 0 Å². The molecule has 1 aliphatic rings. The van der Waals surface area contributed by atoms with Crippen molar-refractivity contribution in [2.45, 2.75) is 46.6 Å². The summed E-state index contributed by atoms with van der Waals surface area (Å²) in [7, 11) is 1.65. The first kappa shape index (κ1) is 23.6. The van der Waals surface area contributed by atoms with Gasteiger partial charge in [-0.25, -0.2) is 0 Å². The molecule has 176 valence electrons. The van der Waals surface area contributed by atoms with E-state index in [0.717, 1.165) is 41.5 Å². The number of anilines is 1. The molecule has 0 unspecified atom stereocenters. The van der Waals surface area contributed by atoms with Gasteiger partial charge in [-0.1, -0.05) is 19.1 Å². The predicted molar refractivity (Wildman–Crippen MR) is 143 cm³/mol. The second-order valence-electron chi connectivity index (χ2n) is 9.39. The summed E-state index contributed by atoms with van der Waals surface area (Å²) in [4.78, 5) is 7.26. The fourth-order valence-electron chi connectivity index (χ4n) is 4.56. The molecule has 4 heteroatoms. The predicted octanol–water partition coefficient (Wildman–Crippen LogP) is 7.96. The molecule has 1 aliphatic heterocycles. The maximum atomic E-state index is 5.94. The van der Waals surface area contributed by atoms with Gasteiger partial charge in [-0.05, 0) is 99.3 Å². The van der Waals surface area contributed by atoms with Crippen molar-refractivity contribution in [1.29, 1.82) is 0 Å². The summed E-state index contributed by atoms with van der Waals surface area (Å²) < 4.78 is 11.2. The zero-order valence-electron chi connectivity index (χ0n) is 21.1. The van der Waals surface area contributed by atoms with Crippen LogP contribution in [0.3, 0.4) is 0 Å². The van der Waals surface area contributed by atoms with E-state index in [4.69, 9.17) is 14.5 Å². The summed E-state index contributed by atoms with van der Waals surface area (Å²) in [6.07, 6.45) is 5.46. The molecule has 0 spiro atoms. The summed E-state index contributed by atoms with van der Waals surface area (Å²) in [5.41, 5.74) is 7.20. The Morgan fingerprint density at radius 2 is 1.68 bits per heavy atom. The number of hydrogen-bond acceptors (Lipinski definition) is 4. The lowest BCUT2D eigenvalue weighted by atomic mass is 9.87. The van der Waals surface area contributed by atoms with E-state index in [1.54, 1.807) is 7.11 Å². The Morgan fingerprint density at radius 1 is 0.941 bits per heavy atom. The van der Waals surface area contributed by atoms with E-state index in [-0.39, 0.29) is 5.54 Å². The van der Waals surface area contributed by atoms with E-state index < -0.39 is 0 Å². The number of nitrogens with zero attached hydrogens (tertiary/aromatic N) is 2. The zero-order chi connectivity index (χ0) is 24.3. The summed E-state index contributed by atoms with van der Waals surface area (Å²) in [5, 5.41) is 0. The van der Waals surface area contributed by atoms with Crippen LogP contribution in [-0.4, -0.2) is 25.4 Å². The van der Waals surface area contributed by atoms with Crippen molar-refractivity contribution in [2.24, 2.45) is 4.99 Å². The average molecular weight is 455 g/mol. The number of fused-ring (bicyclic) bond motifs is 1. The second-order valence-corrected chi connectivity index (χ2v) is 9.39. The number of rotatable bonds is 7. The Labute approximate surface area is 203 Å². The van der Waals surface area contributed by atoms with Crippen LogP contribution in [0, 0.1) is 6.92 Å². The van der Waals surface area contributed by atoms with Gasteiger partial charge in [-0.15, -0.1) is 0 Å². The Morgan fingerprint density at radius 3 is 2.38 bits per heavy atom. The van der Waals surface area contributed by atoms with Gasteiger partial charge >= 0.3 is 0 Å². The van der Waals surface area contributed by atoms with Gasteiger partial charge in [0.2, 0.25) is 0 Å². The number of benzene rings is 3. The Hall–Kier alpha value is -3.53. The van der Waals surface area contributed by atoms with Crippen molar-refractivity contribution in [3.05, 3.63) is 83.4 Å². The summed E-state index contributed by atoms with van der Waals surface area (Å²) in [5.74, 6) is 2.27. The number of ether oxygens (including phenoxy) is 2. The van der Waals surface area contributed by atoms with E-state index in [1.807, 2.05) is 54.7 Å². The van der Waals surface area contributed by atoms with Gasteiger partial charge in [-0.3, -0.25) is 4.99 Å². The minimum Gasteiger partial charge on any atom is -0.497 e. The lowest BCUT2D eigenvalue weighted by Crippen LogP contribution is -2.45. The molecule has 3 aromatic rings. The molecular formula is C30H34N2O2. The van der Waals surface area contributed by atoms with Crippen LogP contribution < -0.4 is 14.4 Å². The van der Waals surface area contributed by atoms with E-state index in [0.29, 0.717) is 0 Å². The third-order valence-corrected chi connectivity index (χ3v) is 6.28. The van der Waals surface area contributed by atoms with Gasteiger partial charge < -0.3 is 14.4 Å². The molecule has 0 radical (unpaired) electrons. The Bertz CT molecular complexity index is 1220. The zero-order valence-corrected chi connectivity index (χ0v) is 21.1. The minimum atomic E-state index is 0.0177. The maximum Gasteiger partial charge on any atom is 0.131 e. The van der Waals surface area contributed by atoms with Gasteiger partial charge in [0.15, 0.2) is 0 Å². The molecule has 4 rings (SSSR count). The normalized spacial score (nSPS) is 14.6. The van der Waals surface area contributed by atoms with E-state index >= 15 is 0 Å². The standard InChI is InChI=1S/C30H34N2O2/c1-7-15-32-29-16-21(2)23(17-28(29)22(3)19-30(32,4)5)20-31-24-11-13-25(14-12-24)34-27-10-8-9-26(18-27)33-6/h8-14,16-20H,7,15H2,1-6H3. The highest BCUT2D eigenvalue weighted by molar-refractivity contribution is 5.90. The van der Waals surface area contributed by atoms with Crippen LogP contribution in [0.2, 0.25) is 0 Å². The third-order valence-electron chi connectivity index (χ3n) is 6.28. The van der Waals surface area contributed by atoms with Gasteiger partial charge in [0.1, 0.15) is 17.2 Å². The molecule has 0 fully saturated rings. The van der Waals surface area contributed by atoms with Crippen LogP contribution in [-0.2, 0) is 0 Å². The van der Waals surface area contributed by atoms with Crippen LogP contribution in [0.5, 0.6) is 17.2 Å². The largest absolute Gasteiger partial charge is 0.497 e. The van der Waals surface area contributed by atoms with Gasteiger partial charge in [0.05, 0.1) is 18.3 Å². The highest BCUT2D eigenvalue weighted by Gasteiger charge is 2.31. The fraction of sp³-hybridized carbons (Fsp3) is 0.300. The minimum absolute atomic E-state index is 0.0177. The van der Waals surface area contributed by atoms with Crippen molar-refractivity contribution in [1.82, 2.24) is 0 Å². The van der Waals surface area contributed by atoms with Crippen LogP contribution in [0.25, 0.3) is 5.57 Å². The summed E-state index contributed by atoms with van der Waals surface area (Å²) >= 11 is 0. The smallest absolute Gasteiger partial charge is 0.131 e. The molecule has 3 aromatic carbocycles.